The minimum Gasteiger partial charge on any atom is -0.497 e. The molecular formula is C23H23F3N6O. The Morgan fingerprint density at radius 3 is 1.97 bits per heavy atom. The van der Waals surface area contributed by atoms with Crippen LogP contribution in [0.4, 0.5) is 13.2 Å². The zero-order valence-corrected chi connectivity index (χ0v) is 18.8. The van der Waals surface area contributed by atoms with Crippen LogP contribution in [0.3, 0.4) is 0 Å². The summed E-state index contributed by atoms with van der Waals surface area (Å²) in [5.41, 5.74) is 1.46. The van der Waals surface area contributed by atoms with E-state index in [4.69, 9.17) is 9.72 Å². The van der Waals surface area contributed by atoms with Crippen molar-refractivity contribution in [2.45, 2.75) is 39.3 Å². The van der Waals surface area contributed by atoms with E-state index in [-0.39, 0.29) is 5.82 Å². The van der Waals surface area contributed by atoms with Gasteiger partial charge in [0, 0.05) is 29.9 Å². The maximum Gasteiger partial charge on any atom is 0.435 e. The van der Waals surface area contributed by atoms with Gasteiger partial charge in [0.05, 0.1) is 24.2 Å². The fourth-order valence-electron chi connectivity index (χ4n) is 3.41. The molecule has 4 rings (SSSR count). The molecule has 0 spiro atoms. The van der Waals surface area contributed by atoms with E-state index in [0.29, 0.717) is 17.3 Å². The number of alkyl halides is 3. The molecule has 0 aliphatic carbocycles. The number of aromatic nitrogens is 6. The lowest BCUT2D eigenvalue weighted by molar-refractivity contribution is -0.141. The van der Waals surface area contributed by atoms with Crippen LogP contribution in [0.5, 0.6) is 5.75 Å². The molecule has 0 fully saturated rings. The van der Waals surface area contributed by atoms with Crippen LogP contribution in [0, 0.1) is 13.8 Å². The summed E-state index contributed by atoms with van der Waals surface area (Å²) in [6, 6.07) is 9.97. The van der Waals surface area contributed by atoms with Crippen molar-refractivity contribution in [2.75, 3.05) is 7.11 Å². The molecule has 0 aliphatic heterocycles. The Kier molecular flexibility index (Phi) is 5.47. The van der Waals surface area contributed by atoms with Gasteiger partial charge in [0.25, 0.3) is 0 Å². The third-order valence-electron chi connectivity index (χ3n) is 5.33. The van der Waals surface area contributed by atoms with Crippen molar-refractivity contribution >= 4 is 0 Å². The van der Waals surface area contributed by atoms with Crippen LogP contribution >= 0.6 is 0 Å². The second kappa shape index (κ2) is 8.02. The predicted molar refractivity (Wildman–Crippen MR) is 116 cm³/mol. The van der Waals surface area contributed by atoms with Gasteiger partial charge in [-0.25, -0.2) is 19.3 Å². The molecule has 172 valence electrons. The predicted octanol–water partition coefficient (Wildman–Crippen LogP) is 4.82. The molecule has 4 aromatic rings. The maximum absolute atomic E-state index is 13.0. The third kappa shape index (κ3) is 4.46. The first-order valence-corrected chi connectivity index (χ1v) is 10.2. The molecule has 0 radical (unpaired) electrons. The van der Waals surface area contributed by atoms with Gasteiger partial charge >= 0.3 is 6.18 Å². The number of ether oxygens (including phenoxy) is 1. The van der Waals surface area contributed by atoms with Crippen molar-refractivity contribution < 1.29 is 17.9 Å². The smallest absolute Gasteiger partial charge is 0.435 e. The summed E-state index contributed by atoms with van der Waals surface area (Å²) in [5.74, 6) is 1.32. The summed E-state index contributed by atoms with van der Waals surface area (Å²) < 4.78 is 47.3. The number of pyridine rings is 2. The average molecular weight is 456 g/mol. The van der Waals surface area contributed by atoms with Gasteiger partial charge < -0.3 is 4.74 Å². The largest absolute Gasteiger partial charge is 0.497 e. The first-order chi connectivity index (χ1) is 15.5. The van der Waals surface area contributed by atoms with Crippen molar-refractivity contribution in [1.82, 2.24) is 29.5 Å². The zero-order valence-electron chi connectivity index (χ0n) is 18.8. The second-order valence-corrected chi connectivity index (χ2v) is 8.31. The lowest BCUT2D eigenvalue weighted by Crippen LogP contribution is -2.24. The number of nitrogens with zero attached hydrogens (tertiary/aromatic N) is 6. The fraction of sp³-hybridized carbons (Fsp3) is 0.304. The summed E-state index contributed by atoms with van der Waals surface area (Å²) in [4.78, 5) is 9.43. The van der Waals surface area contributed by atoms with Crippen LogP contribution in [-0.4, -0.2) is 36.6 Å². The Hall–Kier alpha value is -3.69. The minimum absolute atomic E-state index is 0.212. The normalized spacial score (nSPS) is 12.2. The fourth-order valence-corrected chi connectivity index (χ4v) is 3.41. The quantitative estimate of drug-likeness (QED) is 0.431. The first-order valence-electron chi connectivity index (χ1n) is 10.2. The molecule has 0 N–H and O–H groups in total. The molecule has 0 aliphatic rings. The molecule has 33 heavy (non-hydrogen) atoms. The summed E-state index contributed by atoms with van der Waals surface area (Å²) in [6.45, 7) is 7.76. The highest BCUT2D eigenvalue weighted by Crippen LogP contribution is 2.33. The molecular weight excluding hydrogens is 433 g/mol. The lowest BCUT2D eigenvalue weighted by atomic mass is 9.84. The highest BCUT2D eigenvalue weighted by Gasteiger charge is 2.34. The number of rotatable bonds is 5. The SMILES string of the molecule is COc1cc(-n2ccc(C(F)(F)F)n2)nc(C(C)(C)c2cc(C)cc(-n3ccc(C)n3)n2)c1. The van der Waals surface area contributed by atoms with E-state index in [0.717, 1.165) is 27.7 Å². The molecule has 4 heterocycles. The summed E-state index contributed by atoms with van der Waals surface area (Å²) in [7, 11) is 1.49. The molecule has 0 saturated carbocycles. The number of hydrogen-bond donors (Lipinski definition) is 0. The van der Waals surface area contributed by atoms with Crippen molar-refractivity contribution in [3.63, 3.8) is 0 Å². The topological polar surface area (TPSA) is 70.7 Å². The van der Waals surface area contributed by atoms with Crippen molar-refractivity contribution in [1.29, 1.82) is 0 Å². The van der Waals surface area contributed by atoms with Gasteiger partial charge in [-0.05, 0) is 57.5 Å². The van der Waals surface area contributed by atoms with E-state index < -0.39 is 17.3 Å². The molecule has 0 unspecified atom stereocenters. The van der Waals surface area contributed by atoms with Crippen molar-refractivity contribution in [3.8, 4) is 17.4 Å². The van der Waals surface area contributed by atoms with Crippen LogP contribution in [0.1, 0.15) is 42.2 Å². The van der Waals surface area contributed by atoms with Gasteiger partial charge in [-0.2, -0.15) is 23.4 Å². The van der Waals surface area contributed by atoms with Gasteiger partial charge in [0.2, 0.25) is 0 Å². The average Bonchev–Trinajstić information content (AvgIpc) is 3.42. The van der Waals surface area contributed by atoms with Crippen LogP contribution in [-0.2, 0) is 11.6 Å². The van der Waals surface area contributed by atoms with Crippen LogP contribution in [0.15, 0.2) is 48.8 Å². The Balaban J connectivity index is 1.80. The molecule has 0 aromatic carbocycles. The summed E-state index contributed by atoms with van der Waals surface area (Å²) in [6.07, 6.45) is -1.48. The number of aryl methyl sites for hydroxylation is 2. The van der Waals surface area contributed by atoms with Gasteiger partial charge in [-0.1, -0.05) is 0 Å². The van der Waals surface area contributed by atoms with Crippen LogP contribution in [0.25, 0.3) is 11.6 Å². The first kappa shape index (κ1) is 22.5. The third-order valence-corrected chi connectivity index (χ3v) is 5.33. The molecule has 4 aromatic heterocycles. The zero-order chi connectivity index (χ0) is 24.0. The van der Waals surface area contributed by atoms with E-state index in [1.807, 2.05) is 52.1 Å². The van der Waals surface area contributed by atoms with E-state index in [9.17, 15) is 13.2 Å². The van der Waals surface area contributed by atoms with Gasteiger partial charge in [-0.15, -0.1) is 0 Å². The van der Waals surface area contributed by atoms with Crippen LogP contribution < -0.4 is 4.74 Å². The molecule has 0 saturated heterocycles. The molecule has 7 nitrogen and oxygen atoms in total. The van der Waals surface area contributed by atoms with E-state index in [2.05, 4.69) is 15.2 Å². The molecule has 0 amide bonds. The summed E-state index contributed by atoms with van der Waals surface area (Å²) >= 11 is 0. The highest BCUT2D eigenvalue weighted by molar-refractivity contribution is 5.42. The molecule has 10 heteroatoms. The van der Waals surface area contributed by atoms with E-state index >= 15 is 0 Å². The number of halogens is 3. The Morgan fingerprint density at radius 2 is 1.39 bits per heavy atom. The lowest BCUT2D eigenvalue weighted by Gasteiger charge is -2.25. The monoisotopic (exact) mass is 456 g/mol. The van der Waals surface area contributed by atoms with E-state index in [1.54, 1.807) is 10.7 Å². The number of hydrogen-bond acceptors (Lipinski definition) is 5. The second-order valence-electron chi connectivity index (χ2n) is 8.31. The molecule has 0 bridgehead atoms. The number of methoxy groups -OCH3 is 1. The van der Waals surface area contributed by atoms with Gasteiger partial charge in [0.15, 0.2) is 17.3 Å². The minimum atomic E-state index is -4.54. The van der Waals surface area contributed by atoms with Crippen molar-refractivity contribution in [3.05, 3.63) is 77.1 Å². The van der Waals surface area contributed by atoms with Crippen molar-refractivity contribution in [2.24, 2.45) is 0 Å². The summed E-state index contributed by atoms with van der Waals surface area (Å²) in [5, 5.41) is 8.08. The standard InChI is InChI=1S/C23H23F3N6O/c1-14-10-18(27-20(11-14)31-8-6-15(2)29-31)22(3,4)19-12-16(33-5)13-21(28-19)32-9-7-17(30-32)23(24,25)26/h6-13H,1-5H3. The van der Waals surface area contributed by atoms with Gasteiger partial charge in [0.1, 0.15) is 5.75 Å². The Labute approximate surface area is 188 Å². The van der Waals surface area contributed by atoms with Gasteiger partial charge in [-0.3, -0.25) is 0 Å². The molecule has 0 atom stereocenters. The maximum atomic E-state index is 13.0. The van der Waals surface area contributed by atoms with E-state index in [1.165, 1.54) is 19.4 Å². The highest BCUT2D eigenvalue weighted by atomic mass is 19.4. The van der Waals surface area contributed by atoms with Crippen LogP contribution in [0.2, 0.25) is 0 Å². The Morgan fingerprint density at radius 1 is 0.788 bits per heavy atom. The Bertz CT molecular complexity index is 1310.